The van der Waals surface area contributed by atoms with Gasteiger partial charge in [0.05, 0.1) is 11.5 Å². The molecule has 1 aromatic rings. The van der Waals surface area contributed by atoms with E-state index in [0.717, 1.165) is 0 Å². The maximum atomic E-state index is 11.6. The maximum Gasteiger partial charge on any atom is 0.242 e. The highest BCUT2D eigenvalue weighted by Crippen LogP contribution is 2.08. The maximum absolute atomic E-state index is 11.6. The van der Waals surface area contributed by atoms with Gasteiger partial charge in [-0.1, -0.05) is 0 Å². The smallest absolute Gasteiger partial charge is 0.242 e. The molecule has 0 aliphatic heterocycles. The first-order valence-electron chi connectivity index (χ1n) is 4.21. The molecule has 0 spiro atoms. The van der Waals surface area contributed by atoms with Gasteiger partial charge in [0.1, 0.15) is 0 Å². The molecule has 0 unspecified atom stereocenters. The Kier molecular flexibility index (Phi) is 3.30. The van der Waals surface area contributed by atoms with Crippen molar-refractivity contribution in [2.45, 2.75) is 17.9 Å². The van der Waals surface area contributed by atoms with Gasteiger partial charge in [-0.05, 0) is 13.0 Å². The van der Waals surface area contributed by atoms with E-state index in [1.807, 2.05) is 0 Å². The Morgan fingerprint density at radius 1 is 1.64 bits per heavy atom. The van der Waals surface area contributed by atoms with Crippen LogP contribution in [0.5, 0.6) is 0 Å². The lowest BCUT2D eigenvalue weighted by Gasteiger charge is -2.09. The van der Waals surface area contributed by atoms with E-state index in [2.05, 4.69) is 4.72 Å². The fourth-order valence-electron chi connectivity index (χ4n) is 1.01. The molecular formula is C8H14N2O3S. The standard InChI is InChI=1S/C8H14N2O3S/c1-7(6-11)9-14(12,13)8-3-4-10(2)5-8/h3-5,7,9,11H,6H2,1-2H3/t7-/m0/s1. The second-order valence-electron chi connectivity index (χ2n) is 3.22. The Bertz CT molecular complexity index is 396. The van der Waals surface area contributed by atoms with Gasteiger partial charge in [0.2, 0.25) is 10.0 Å². The van der Waals surface area contributed by atoms with Crippen LogP contribution in [-0.2, 0) is 17.1 Å². The summed E-state index contributed by atoms with van der Waals surface area (Å²) in [4.78, 5) is 0.209. The molecule has 0 aromatic carbocycles. The fraction of sp³-hybridized carbons (Fsp3) is 0.500. The summed E-state index contributed by atoms with van der Waals surface area (Å²) < 4.78 is 27.2. The molecule has 80 valence electrons. The predicted molar refractivity (Wildman–Crippen MR) is 52.3 cm³/mol. The molecule has 0 amide bonds. The van der Waals surface area contributed by atoms with E-state index in [0.29, 0.717) is 0 Å². The summed E-state index contributed by atoms with van der Waals surface area (Å²) in [5.74, 6) is 0. The number of aliphatic hydroxyl groups excluding tert-OH is 1. The topological polar surface area (TPSA) is 71.3 Å². The van der Waals surface area contributed by atoms with Crippen molar-refractivity contribution >= 4 is 10.0 Å². The summed E-state index contributed by atoms with van der Waals surface area (Å²) in [7, 11) is -1.74. The summed E-state index contributed by atoms with van der Waals surface area (Å²) in [5.41, 5.74) is 0. The van der Waals surface area contributed by atoms with Crippen LogP contribution >= 0.6 is 0 Å². The first-order chi connectivity index (χ1) is 6.45. The van der Waals surface area contributed by atoms with Crippen LogP contribution in [0.3, 0.4) is 0 Å². The number of aryl methyl sites for hydroxylation is 1. The first-order valence-corrected chi connectivity index (χ1v) is 5.69. The molecule has 0 aliphatic rings. The number of sulfonamides is 1. The van der Waals surface area contributed by atoms with E-state index in [1.54, 1.807) is 24.7 Å². The zero-order valence-electron chi connectivity index (χ0n) is 8.14. The first kappa shape index (κ1) is 11.2. The lowest BCUT2D eigenvalue weighted by molar-refractivity contribution is 0.265. The summed E-state index contributed by atoms with van der Waals surface area (Å²) in [6.07, 6.45) is 3.16. The molecule has 14 heavy (non-hydrogen) atoms. The van der Waals surface area contributed by atoms with Gasteiger partial charge in [-0.2, -0.15) is 0 Å². The Balaban J connectivity index is 2.86. The van der Waals surface area contributed by atoms with Crippen LogP contribution in [0, 0.1) is 0 Å². The summed E-state index contributed by atoms with van der Waals surface area (Å²) in [6, 6.07) is 1.03. The highest BCUT2D eigenvalue weighted by atomic mass is 32.2. The van der Waals surface area contributed by atoms with Gasteiger partial charge in [-0.25, -0.2) is 13.1 Å². The summed E-state index contributed by atoms with van der Waals surface area (Å²) in [5, 5.41) is 8.72. The quantitative estimate of drug-likeness (QED) is 0.728. The molecule has 0 bridgehead atoms. The second kappa shape index (κ2) is 4.12. The lowest BCUT2D eigenvalue weighted by atomic mass is 10.4. The van der Waals surface area contributed by atoms with Crippen molar-refractivity contribution in [1.82, 2.24) is 9.29 Å². The number of hydrogen-bond donors (Lipinski definition) is 2. The van der Waals surface area contributed by atoms with E-state index in [9.17, 15) is 8.42 Å². The highest BCUT2D eigenvalue weighted by Gasteiger charge is 2.17. The monoisotopic (exact) mass is 218 g/mol. The minimum Gasteiger partial charge on any atom is -0.395 e. The van der Waals surface area contributed by atoms with Gasteiger partial charge in [0, 0.05) is 25.5 Å². The Hall–Kier alpha value is -0.850. The van der Waals surface area contributed by atoms with Crippen LogP contribution in [0.15, 0.2) is 23.4 Å². The van der Waals surface area contributed by atoms with Crippen LogP contribution in [-0.4, -0.2) is 30.7 Å². The van der Waals surface area contributed by atoms with Crippen LogP contribution in [0.1, 0.15) is 6.92 Å². The van der Waals surface area contributed by atoms with E-state index in [4.69, 9.17) is 5.11 Å². The third-order valence-corrected chi connectivity index (χ3v) is 3.32. The van der Waals surface area contributed by atoms with Gasteiger partial charge in [-0.3, -0.25) is 0 Å². The molecule has 1 aromatic heterocycles. The van der Waals surface area contributed by atoms with Crippen molar-refractivity contribution in [3.05, 3.63) is 18.5 Å². The van der Waals surface area contributed by atoms with Crippen molar-refractivity contribution < 1.29 is 13.5 Å². The Morgan fingerprint density at radius 2 is 2.29 bits per heavy atom. The zero-order valence-corrected chi connectivity index (χ0v) is 8.95. The molecule has 0 fully saturated rings. The van der Waals surface area contributed by atoms with Crippen molar-refractivity contribution in [3.8, 4) is 0 Å². The molecule has 0 aliphatic carbocycles. The summed E-state index contributed by atoms with van der Waals surface area (Å²) in [6.45, 7) is 1.38. The number of rotatable bonds is 4. The number of nitrogens with zero attached hydrogens (tertiary/aromatic N) is 1. The third-order valence-electron chi connectivity index (χ3n) is 1.75. The van der Waals surface area contributed by atoms with E-state index in [1.165, 1.54) is 12.3 Å². The SMILES string of the molecule is C[C@@H](CO)NS(=O)(=O)c1ccn(C)c1. The van der Waals surface area contributed by atoms with Crippen LogP contribution < -0.4 is 4.72 Å². The largest absolute Gasteiger partial charge is 0.395 e. The zero-order chi connectivity index (χ0) is 10.8. The lowest BCUT2D eigenvalue weighted by Crippen LogP contribution is -2.34. The van der Waals surface area contributed by atoms with Crippen molar-refractivity contribution in [3.63, 3.8) is 0 Å². The molecule has 6 heteroatoms. The van der Waals surface area contributed by atoms with E-state index in [-0.39, 0.29) is 11.5 Å². The average molecular weight is 218 g/mol. The van der Waals surface area contributed by atoms with Crippen LogP contribution in [0.4, 0.5) is 0 Å². The van der Waals surface area contributed by atoms with Crippen molar-refractivity contribution in [2.75, 3.05) is 6.61 Å². The summed E-state index contributed by atoms with van der Waals surface area (Å²) >= 11 is 0. The molecule has 0 saturated heterocycles. The normalized spacial score (nSPS) is 14.2. The molecule has 1 atom stereocenters. The molecular weight excluding hydrogens is 204 g/mol. The Morgan fingerprint density at radius 3 is 2.71 bits per heavy atom. The second-order valence-corrected chi connectivity index (χ2v) is 4.93. The predicted octanol–water partition coefficient (Wildman–Crippen LogP) is -0.316. The van der Waals surface area contributed by atoms with E-state index < -0.39 is 16.1 Å². The van der Waals surface area contributed by atoms with Crippen molar-refractivity contribution in [1.29, 1.82) is 0 Å². The van der Waals surface area contributed by atoms with Gasteiger partial charge >= 0.3 is 0 Å². The molecule has 0 saturated carbocycles. The minimum absolute atomic E-state index is 0.209. The average Bonchev–Trinajstić information content (AvgIpc) is 2.51. The number of hydrogen-bond acceptors (Lipinski definition) is 3. The van der Waals surface area contributed by atoms with Gasteiger partial charge in [0.25, 0.3) is 0 Å². The van der Waals surface area contributed by atoms with Gasteiger partial charge < -0.3 is 9.67 Å². The fourth-order valence-corrected chi connectivity index (χ4v) is 2.29. The van der Waals surface area contributed by atoms with Gasteiger partial charge in [0.15, 0.2) is 0 Å². The molecule has 1 rings (SSSR count). The van der Waals surface area contributed by atoms with Crippen LogP contribution in [0.25, 0.3) is 0 Å². The van der Waals surface area contributed by atoms with Gasteiger partial charge in [-0.15, -0.1) is 0 Å². The number of aliphatic hydroxyl groups is 1. The van der Waals surface area contributed by atoms with Crippen LogP contribution in [0.2, 0.25) is 0 Å². The minimum atomic E-state index is -3.48. The molecule has 1 heterocycles. The van der Waals surface area contributed by atoms with Crippen molar-refractivity contribution in [2.24, 2.45) is 7.05 Å². The number of nitrogens with one attached hydrogen (secondary N) is 1. The molecule has 5 nitrogen and oxygen atoms in total. The number of aromatic nitrogens is 1. The molecule has 2 N–H and O–H groups in total. The van der Waals surface area contributed by atoms with E-state index >= 15 is 0 Å². The molecule has 0 radical (unpaired) electrons. The Labute approximate surface area is 83.4 Å². The highest BCUT2D eigenvalue weighted by molar-refractivity contribution is 7.89. The third kappa shape index (κ3) is 2.57.